The Balaban J connectivity index is 1.45. The molecule has 0 unspecified atom stereocenters. The number of anilines is 3. The molecule has 4 aromatic rings. The first kappa shape index (κ1) is 18.8. The Labute approximate surface area is 169 Å². The minimum atomic E-state index is -2.87. The number of rotatable bonds is 6. The van der Waals surface area contributed by atoms with Crippen LogP contribution in [0.5, 0.6) is 5.75 Å². The Morgan fingerprint density at radius 1 is 1.00 bits per heavy atom. The van der Waals surface area contributed by atoms with Crippen LogP contribution in [0.2, 0.25) is 0 Å². The number of nitrogens with zero attached hydrogens (tertiary/aromatic N) is 1. The van der Waals surface area contributed by atoms with E-state index < -0.39 is 6.61 Å². The van der Waals surface area contributed by atoms with Gasteiger partial charge in [0.15, 0.2) is 5.13 Å². The van der Waals surface area contributed by atoms with Gasteiger partial charge in [-0.2, -0.15) is 8.78 Å². The molecule has 29 heavy (non-hydrogen) atoms. The summed E-state index contributed by atoms with van der Waals surface area (Å²) in [6.07, 6.45) is 0. The van der Waals surface area contributed by atoms with Crippen LogP contribution in [0.1, 0.15) is 10.5 Å². The number of aromatic nitrogens is 1. The molecule has 0 saturated carbocycles. The highest BCUT2D eigenvalue weighted by Gasteiger charge is 2.13. The van der Waals surface area contributed by atoms with Crippen molar-refractivity contribution < 1.29 is 18.3 Å². The molecule has 1 amide bonds. The van der Waals surface area contributed by atoms with Gasteiger partial charge in [0.2, 0.25) is 0 Å². The lowest BCUT2D eigenvalue weighted by atomic mass is 10.1. The predicted molar refractivity (Wildman–Crippen MR) is 110 cm³/mol. The number of ether oxygens (including phenoxy) is 1. The summed E-state index contributed by atoms with van der Waals surface area (Å²) in [5.74, 6) is -0.244. The number of alkyl halides is 2. The van der Waals surface area contributed by atoms with Crippen LogP contribution in [0.3, 0.4) is 0 Å². The molecule has 0 bridgehead atoms. The van der Waals surface area contributed by atoms with Gasteiger partial charge >= 0.3 is 6.61 Å². The molecule has 0 aliphatic heterocycles. The fourth-order valence-electron chi connectivity index (χ4n) is 2.80. The summed E-state index contributed by atoms with van der Waals surface area (Å²) in [5, 5.41) is 10.1. The van der Waals surface area contributed by atoms with Gasteiger partial charge in [-0.1, -0.05) is 36.4 Å². The van der Waals surface area contributed by atoms with Crippen molar-refractivity contribution in [2.45, 2.75) is 6.61 Å². The summed E-state index contributed by atoms with van der Waals surface area (Å²) in [6, 6.07) is 19.5. The van der Waals surface area contributed by atoms with Crippen LogP contribution in [0.15, 0.2) is 72.1 Å². The maximum atomic E-state index is 12.6. The smallest absolute Gasteiger partial charge is 0.387 e. The molecular weight excluding hydrogens is 396 g/mol. The molecule has 0 radical (unpaired) electrons. The zero-order valence-corrected chi connectivity index (χ0v) is 15.7. The zero-order chi connectivity index (χ0) is 20.2. The largest absolute Gasteiger partial charge is 0.435 e. The summed E-state index contributed by atoms with van der Waals surface area (Å²) in [4.78, 5) is 16.9. The molecule has 0 aliphatic carbocycles. The van der Waals surface area contributed by atoms with E-state index in [1.165, 1.54) is 23.5 Å². The lowest BCUT2D eigenvalue weighted by Crippen LogP contribution is -2.12. The Morgan fingerprint density at radius 3 is 2.55 bits per heavy atom. The molecule has 0 atom stereocenters. The molecule has 0 spiro atoms. The summed E-state index contributed by atoms with van der Waals surface area (Å²) in [5.41, 5.74) is 1.63. The highest BCUT2D eigenvalue weighted by molar-refractivity contribution is 7.14. The Bertz CT molecular complexity index is 1140. The van der Waals surface area contributed by atoms with Crippen molar-refractivity contribution in [1.29, 1.82) is 0 Å². The maximum Gasteiger partial charge on any atom is 0.387 e. The second kappa shape index (κ2) is 8.24. The first-order valence-corrected chi connectivity index (χ1v) is 9.53. The molecule has 0 saturated heterocycles. The van der Waals surface area contributed by atoms with E-state index in [0.717, 1.165) is 10.8 Å². The van der Waals surface area contributed by atoms with E-state index in [4.69, 9.17) is 0 Å². The van der Waals surface area contributed by atoms with E-state index in [1.54, 1.807) is 17.5 Å². The number of hydrogen-bond acceptors (Lipinski definition) is 5. The van der Waals surface area contributed by atoms with Crippen molar-refractivity contribution in [3.63, 3.8) is 0 Å². The molecule has 0 fully saturated rings. The summed E-state index contributed by atoms with van der Waals surface area (Å²) < 4.78 is 28.7. The first-order chi connectivity index (χ1) is 14.1. The predicted octanol–water partition coefficient (Wildman–Crippen LogP) is 5.89. The van der Waals surface area contributed by atoms with Crippen molar-refractivity contribution in [3.05, 3.63) is 77.8 Å². The van der Waals surface area contributed by atoms with Crippen LogP contribution in [-0.4, -0.2) is 17.5 Å². The molecule has 1 heterocycles. The minimum absolute atomic E-state index is 0.0693. The van der Waals surface area contributed by atoms with E-state index >= 15 is 0 Å². The fourth-order valence-corrected chi connectivity index (χ4v) is 3.51. The van der Waals surface area contributed by atoms with Gasteiger partial charge in [0, 0.05) is 22.1 Å². The van der Waals surface area contributed by atoms with Crippen LogP contribution >= 0.6 is 11.3 Å². The van der Waals surface area contributed by atoms with Gasteiger partial charge in [-0.15, -0.1) is 11.3 Å². The molecule has 146 valence electrons. The zero-order valence-electron chi connectivity index (χ0n) is 14.9. The third-order valence-electron chi connectivity index (χ3n) is 4.11. The molecule has 0 aliphatic rings. The first-order valence-electron chi connectivity index (χ1n) is 8.65. The van der Waals surface area contributed by atoms with Crippen molar-refractivity contribution in [1.82, 2.24) is 4.98 Å². The number of halogens is 2. The monoisotopic (exact) mass is 411 g/mol. The number of nitrogens with one attached hydrogen (secondary N) is 2. The SMILES string of the molecule is O=C(Nc1cccc2ccccc12)c1csc(Nc2ccc(OC(F)F)cc2)n1. The van der Waals surface area contributed by atoms with Gasteiger partial charge in [0.1, 0.15) is 11.4 Å². The molecule has 2 N–H and O–H groups in total. The van der Waals surface area contributed by atoms with E-state index in [2.05, 4.69) is 20.4 Å². The third-order valence-corrected chi connectivity index (χ3v) is 4.86. The number of amides is 1. The average Bonchev–Trinajstić information content (AvgIpc) is 3.18. The number of carbonyl (C=O) groups excluding carboxylic acids is 1. The minimum Gasteiger partial charge on any atom is -0.435 e. The highest BCUT2D eigenvalue weighted by Crippen LogP contribution is 2.26. The van der Waals surface area contributed by atoms with Gasteiger partial charge in [-0.3, -0.25) is 4.79 Å². The number of fused-ring (bicyclic) bond motifs is 1. The quantitative estimate of drug-likeness (QED) is 0.415. The molecule has 8 heteroatoms. The molecule has 3 aromatic carbocycles. The Kier molecular flexibility index (Phi) is 5.35. The van der Waals surface area contributed by atoms with Crippen LogP contribution < -0.4 is 15.4 Å². The molecule has 5 nitrogen and oxygen atoms in total. The molecule has 1 aromatic heterocycles. The Hall–Kier alpha value is -3.52. The summed E-state index contributed by atoms with van der Waals surface area (Å²) in [6.45, 7) is -2.87. The number of hydrogen-bond donors (Lipinski definition) is 2. The standard InChI is InChI=1S/C21H15F2N3O2S/c22-20(23)28-15-10-8-14(9-11-15)24-21-26-18(12-29-21)19(27)25-17-7-3-5-13-4-1-2-6-16(13)17/h1-12,20H,(H,24,26)(H,25,27). The maximum absolute atomic E-state index is 12.6. The topological polar surface area (TPSA) is 63.2 Å². The van der Waals surface area contributed by atoms with Gasteiger partial charge in [0.05, 0.1) is 0 Å². The lowest BCUT2D eigenvalue weighted by molar-refractivity contribution is -0.0498. The highest BCUT2D eigenvalue weighted by atomic mass is 32.1. The Morgan fingerprint density at radius 2 is 1.76 bits per heavy atom. The number of thiazole rings is 1. The fraction of sp³-hybridized carbons (Fsp3) is 0.0476. The lowest BCUT2D eigenvalue weighted by Gasteiger charge is -2.07. The molecular formula is C21H15F2N3O2S. The second-order valence-electron chi connectivity index (χ2n) is 6.05. The van der Waals surface area contributed by atoms with Crippen molar-refractivity contribution in [3.8, 4) is 5.75 Å². The van der Waals surface area contributed by atoms with Gasteiger partial charge in [-0.25, -0.2) is 4.98 Å². The van der Waals surface area contributed by atoms with E-state index in [0.29, 0.717) is 16.5 Å². The summed E-state index contributed by atoms with van der Waals surface area (Å²) >= 11 is 1.27. The summed E-state index contributed by atoms with van der Waals surface area (Å²) in [7, 11) is 0. The van der Waals surface area contributed by atoms with Crippen LogP contribution in [-0.2, 0) is 0 Å². The van der Waals surface area contributed by atoms with Crippen LogP contribution in [0.25, 0.3) is 10.8 Å². The third kappa shape index (κ3) is 4.49. The van der Waals surface area contributed by atoms with E-state index in [9.17, 15) is 13.6 Å². The van der Waals surface area contributed by atoms with Gasteiger partial charge in [-0.05, 0) is 35.7 Å². The van der Waals surface area contributed by atoms with Crippen molar-refractivity contribution in [2.75, 3.05) is 10.6 Å². The van der Waals surface area contributed by atoms with Crippen LogP contribution in [0.4, 0.5) is 25.3 Å². The van der Waals surface area contributed by atoms with E-state index in [1.807, 2.05) is 42.5 Å². The van der Waals surface area contributed by atoms with Crippen LogP contribution in [0, 0.1) is 0 Å². The number of carbonyl (C=O) groups is 1. The van der Waals surface area contributed by atoms with E-state index in [-0.39, 0.29) is 17.4 Å². The number of benzene rings is 3. The second-order valence-corrected chi connectivity index (χ2v) is 6.90. The van der Waals surface area contributed by atoms with Gasteiger partial charge in [0.25, 0.3) is 5.91 Å². The van der Waals surface area contributed by atoms with Crippen molar-refractivity contribution in [2.24, 2.45) is 0 Å². The normalized spacial score (nSPS) is 10.9. The van der Waals surface area contributed by atoms with Crippen molar-refractivity contribution >= 4 is 44.5 Å². The molecule has 4 rings (SSSR count). The van der Waals surface area contributed by atoms with Gasteiger partial charge < -0.3 is 15.4 Å². The average molecular weight is 411 g/mol.